The minimum atomic E-state index is -3.99. The van der Waals surface area contributed by atoms with Crippen molar-refractivity contribution in [1.29, 1.82) is 0 Å². The fourth-order valence-electron chi connectivity index (χ4n) is 3.15. The summed E-state index contributed by atoms with van der Waals surface area (Å²) in [6, 6.07) is 8.61. The Balaban J connectivity index is 1.62. The zero-order chi connectivity index (χ0) is 22.4. The van der Waals surface area contributed by atoms with Crippen LogP contribution in [0.5, 0.6) is 0 Å². The number of ether oxygens (including phenoxy) is 1. The molecule has 11 heteroatoms. The molecule has 31 heavy (non-hydrogen) atoms. The van der Waals surface area contributed by atoms with Crippen LogP contribution in [0.15, 0.2) is 47.5 Å². The van der Waals surface area contributed by atoms with Crippen LogP contribution in [0.2, 0.25) is 0 Å². The number of sulfonamides is 1. The number of hydrogen-bond acceptors (Lipinski definition) is 6. The average Bonchev–Trinajstić information content (AvgIpc) is 2.76. The number of rotatable bonds is 6. The quantitative estimate of drug-likeness (QED) is 0.626. The maximum atomic E-state index is 13.4. The summed E-state index contributed by atoms with van der Waals surface area (Å²) in [5.41, 5.74) is 0.855. The van der Waals surface area contributed by atoms with Crippen LogP contribution in [-0.2, 0) is 30.9 Å². The molecule has 166 valence electrons. The molecule has 2 N–H and O–H groups in total. The molecular formula is C20H23FN4O5S. The van der Waals surface area contributed by atoms with E-state index < -0.39 is 33.9 Å². The predicted molar refractivity (Wildman–Crippen MR) is 108 cm³/mol. The number of benzene rings is 1. The van der Waals surface area contributed by atoms with Crippen LogP contribution < -0.4 is 10.6 Å². The summed E-state index contributed by atoms with van der Waals surface area (Å²) in [5, 5.41) is 4.85. The van der Waals surface area contributed by atoms with Crippen molar-refractivity contribution in [2.24, 2.45) is 0 Å². The van der Waals surface area contributed by atoms with Gasteiger partial charge in [-0.3, -0.25) is 14.6 Å². The van der Waals surface area contributed by atoms with E-state index in [1.165, 1.54) is 13.0 Å². The molecule has 2 aromatic rings. The maximum absolute atomic E-state index is 13.4. The van der Waals surface area contributed by atoms with Gasteiger partial charge >= 0.3 is 11.8 Å². The highest BCUT2D eigenvalue weighted by molar-refractivity contribution is 7.89. The van der Waals surface area contributed by atoms with E-state index in [0.717, 1.165) is 16.4 Å². The molecule has 9 nitrogen and oxygen atoms in total. The van der Waals surface area contributed by atoms with Gasteiger partial charge in [0, 0.05) is 12.7 Å². The number of nitrogens with one attached hydrogen (secondary N) is 2. The highest BCUT2D eigenvalue weighted by atomic mass is 32.2. The van der Waals surface area contributed by atoms with E-state index in [1.54, 1.807) is 24.4 Å². The van der Waals surface area contributed by atoms with Gasteiger partial charge in [0.1, 0.15) is 12.0 Å². The standard InChI is InChI=1S/C20H23FN4O5S/c1-14-11-15(21)6-7-17(14)31(28,29)25-9-4-10-30-18(25)13-24-20(27)19(26)23-12-16-5-2-3-8-22-16/h2-3,5-8,11,18H,4,9-10,12-13H2,1H3,(H,23,26)(H,24,27)/t18-/m1/s1. The van der Waals surface area contributed by atoms with Crippen molar-refractivity contribution in [3.05, 3.63) is 59.7 Å². The first-order valence-electron chi connectivity index (χ1n) is 9.64. The smallest absolute Gasteiger partial charge is 0.309 e. The molecule has 1 aliphatic rings. The van der Waals surface area contributed by atoms with E-state index in [9.17, 15) is 22.4 Å². The number of halogens is 1. The van der Waals surface area contributed by atoms with Gasteiger partial charge in [0.25, 0.3) is 0 Å². The fraction of sp³-hybridized carbons (Fsp3) is 0.350. The highest BCUT2D eigenvalue weighted by Gasteiger charge is 2.35. The molecule has 0 saturated carbocycles. The second-order valence-electron chi connectivity index (χ2n) is 6.92. The highest BCUT2D eigenvalue weighted by Crippen LogP contribution is 2.25. The lowest BCUT2D eigenvalue weighted by molar-refractivity contribution is -0.140. The summed E-state index contributed by atoms with van der Waals surface area (Å²) in [4.78, 5) is 28.1. The average molecular weight is 450 g/mol. The lowest BCUT2D eigenvalue weighted by Gasteiger charge is -2.34. The van der Waals surface area contributed by atoms with E-state index in [-0.39, 0.29) is 30.1 Å². The molecule has 0 bridgehead atoms. The third kappa shape index (κ3) is 5.63. The van der Waals surface area contributed by atoms with Crippen molar-refractivity contribution >= 4 is 21.8 Å². The molecule has 0 unspecified atom stereocenters. The first-order chi connectivity index (χ1) is 14.8. The Hall–Kier alpha value is -2.89. The molecule has 2 heterocycles. The molecule has 0 aliphatic carbocycles. The number of amides is 2. The third-order valence-electron chi connectivity index (χ3n) is 4.68. The molecule has 1 aromatic heterocycles. The first-order valence-corrected chi connectivity index (χ1v) is 11.1. The summed E-state index contributed by atoms with van der Waals surface area (Å²) < 4.78 is 46.2. The van der Waals surface area contributed by atoms with Crippen molar-refractivity contribution in [2.45, 2.75) is 31.0 Å². The second-order valence-corrected chi connectivity index (χ2v) is 8.78. The number of nitrogens with zero attached hydrogens (tertiary/aromatic N) is 2. The van der Waals surface area contributed by atoms with Crippen LogP contribution in [-0.4, -0.2) is 55.4 Å². The van der Waals surface area contributed by atoms with E-state index in [0.29, 0.717) is 18.7 Å². The Kier molecular flexibility index (Phi) is 7.31. The van der Waals surface area contributed by atoms with Gasteiger partial charge in [-0.05, 0) is 49.2 Å². The molecule has 1 fully saturated rings. The molecule has 0 spiro atoms. The van der Waals surface area contributed by atoms with Gasteiger partial charge < -0.3 is 15.4 Å². The van der Waals surface area contributed by atoms with Gasteiger partial charge in [0.15, 0.2) is 0 Å². The zero-order valence-electron chi connectivity index (χ0n) is 16.9. The Labute approximate surface area is 179 Å². The zero-order valence-corrected chi connectivity index (χ0v) is 17.7. The van der Waals surface area contributed by atoms with Crippen molar-refractivity contribution in [3.8, 4) is 0 Å². The number of aromatic nitrogens is 1. The largest absolute Gasteiger partial charge is 0.360 e. The normalized spacial score (nSPS) is 17.2. The monoisotopic (exact) mass is 450 g/mol. The van der Waals surface area contributed by atoms with Crippen molar-refractivity contribution in [2.75, 3.05) is 19.7 Å². The van der Waals surface area contributed by atoms with Crippen LogP contribution in [0.3, 0.4) is 0 Å². The van der Waals surface area contributed by atoms with Gasteiger partial charge in [-0.25, -0.2) is 12.8 Å². The maximum Gasteiger partial charge on any atom is 0.309 e. The topological polar surface area (TPSA) is 118 Å². The van der Waals surface area contributed by atoms with Gasteiger partial charge in [0.05, 0.1) is 30.3 Å². The number of pyridine rings is 1. The van der Waals surface area contributed by atoms with E-state index in [2.05, 4.69) is 15.6 Å². The van der Waals surface area contributed by atoms with Gasteiger partial charge in [-0.2, -0.15) is 4.31 Å². The van der Waals surface area contributed by atoms with Crippen LogP contribution >= 0.6 is 0 Å². The number of hydrogen-bond donors (Lipinski definition) is 2. The molecule has 1 saturated heterocycles. The lowest BCUT2D eigenvalue weighted by atomic mass is 10.2. The molecular weight excluding hydrogens is 427 g/mol. The van der Waals surface area contributed by atoms with E-state index in [1.807, 2.05) is 0 Å². The number of aryl methyl sites for hydroxylation is 1. The predicted octanol–water partition coefficient (Wildman–Crippen LogP) is 0.699. The molecule has 3 rings (SSSR count). The van der Waals surface area contributed by atoms with Gasteiger partial charge in [-0.1, -0.05) is 6.07 Å². The van der Waals surface area contributed by atoms with Crippen molar-refractivity contribution in [3.63, 3.8) is 0 Å². The van der Waals surface area contributed by atoms with E-state index in [4.69, 9.17) is 4.74 Å². The molecule has 1 aliphatic heterocycles. The van der Waals surface area contributed by atoms with Crippen LogP contribution in [0.1, 0.15) is 17.7 Å². The second kappa shape index (κ2) is 9.94. The van der Waals surface area contributed by atoms with Gasteiger partial charge in [-0.15, -0.1) is 0 Å². The first kappa shape index (κ1) is 22.8. The fourth-order valence-corrected chi connectivity index (χ4v) is 4.92. The Morgan fingerprint density at radius 2 is 2.00 bits per heavy atom. The number of carbonyl (C=O) groups excluding carboxylic acids is 2. The Bertz CT molecular complexity index is 1050. The van der Waals surface area contributed by atoms with Crippen LogP contribution in [0.25, 0.3) is 0 Å². The number of carbonyl (C=O) groups is 2. The summed E-state index contributed by atoms with van der Waals surface area (Å²) in [5.74, 6) is -2.32. The van der Waals surface area contributed by atoms with Crippen LogP contribution in [0, 0.1) is 12.7 Å². The Morgan fingerprint density at radius 1 is 1.23 bits per heavy atom. The minimum Gasteiger partial charge on any atom is -0.360 e. The third-order valence-corrected chi connectivity index (χ3v) is 6.73. The SMILES string of the molecule is Cc1cc(F)ccc1S(=O)(=O)N1CCCO[C@@H]1CNC(=O)C(=O)NCc1ccccn1. The summed E-state index contributed by atoms with van der Waals surface area (Å²) in [6.07, 6.45) is 1.05. The van der Waals surface area contributed by atoms with Crippen molar-refractivity contribution < 1.29 is 27.1 Å². The molecule has 1 aromatic carbocycles. The summed E-state index contributed by atoms with van der Waals surface area (Å²) in [6.45, 7) is 1.85. The molecule has 1 atom stereocenters. The van der Waals surface area contributed by atoms with Crippen LogP contribution in [0.4, 0.5) is 4.39 Å². The minimum absolute atomic E-state index is 0.0381. The summed E-state index contributed by atoms with van der Waals surface area (Å²) >= 11 is 0. The lowest BCUT2D eigenvalue weighted by Crippen LogP contribution is -2.53. The Morgan fingerprint density at radius 3 is 2.71 bits per heavy atom. The van der Waals surface area contributed by atoms with Crippen molar-refractivity contribution in [1.82, 2.24) is 19.9 Å². The summed E-state index contributed by atoms with van der Waals surface area (Å²) in [7, 11) is -3.99. The molecule has 0 radical (unpaired) electrons. The molecule has 2 amide bonds. The van der Waals surface area contributed by atoms with E-state index >= 15 is 0 Å². The van der Waals surface area contributed by atoms with Gasteiger partial charge in [0.2, 0.25) is 10.0 Å².